The van der Waals surface area contributed by atoms with Gasteiger partial charge >= 0.3 is 0 Å². The molecule has 2 aromatic carbocycles. The Balaban J connectivity index is 1.55. The van der Waals surface area contributed by atoms with Gasteiger partial charge in [0.25, 0.3) is 5.91 Å². The van der Waals surface area contributed by atoms with Crippen molar-refractivity contribution in [2.24, 2.45) is 0 Å². The molecule has 3 rings (SSSR count). The molecule has 8 heteroatoms. The monoisotopic (exact) mass is 416 g/mol. The average molecular weight is 417 g/mol. The van der Waals surface area contributed by atoms with Gasteiger partial charge in [0.2, 0.25) is 0 Å². The van der Waals surface area contributed by atoms with Crippen molar-refractivity contribution in [2.75, 3.05) is 19.0 Å². The van der Waals surface area contributed by atoms with E-state index in [-0.39, 0.29) is 12.5 Å². The van der Waals surface area contributed by atoms with Gasteiger partial charge in [-0.05, 0) is 35.9 Å². The smallest absolute Gasteiger partial charge is 0.264 e. The number of thiazole rings is 1. The molecule has 1 heterocycles. The van der Waals surface area contributed by atoms with Crippen LogP contribution in [0.25, 0.3) is 0 Å². The zero-order valence-electron chi connectivity index (χ0n) is 15.0. The van der Waals surface area contributed by atoms with Gasteiger partial charge in [-0.25, -0.2) is 4.98 Å². The number of benzene rings is 2. The van der Waals surface area contributed by atoms with E-state index in [1.54, 1.807) is 24.4 Å². The Labute approximate surface area is 171 Å². The molecule has 1 aromatic heterocycles. The van der Waals surface area contributed by atoms with E-state index >= 15 is 0 Å². The number of hydrogen-bond donors (Lipinski definition) is 1. The van der Waals surface area contributed by atoms with Crippen LogP contribution in [-0.4, -0.2) is 30.9 Å². The molecule has 1 amide bonds. The lowest BCUT2D eigenvalue weighted by molar-refractivity contribution is -0.118. The zero-order valence-corrected chi connectivity index (χ0v) is 16.5. The number of carbonyl (C=O) groups is 2. The van der Waals surface area contributed by atoms with Gasteiger partial charge in [0.05, 0.1) is 7.11 Å². The van der Waals surface area contributed by atoms with E-state index in [0.29, 0.717) is 39.9 Å². The molecular weight excluding hydrogens is 400 g/mol. The topological polar surface area (TPSA) is 77.5 Å². The summed E-state index contributed by atoms with van der Waals surface area (Å²) in [7, 11) is 1.47. The van der Waals surface area contributed by atoms with Crippen molar-refractivity contribution in [3.05, 3.63) is 69.7 Å². The number of aldehydes is 1. The first-order valence-electron chi connectivity index (χ1n) is 8.32. The lowest BCUT2D eigenvalue weighted by atomic mass is 10.1. The number of methoxy groups -OCH3 is 1. The average Bonchev–Trinajstić information content (AvgIpc) is 3.14. The van der Waals surface area contributed by atoms with E-state index in [2.05, 4.69) is 10.3 Å². The highest BCUT2D eigenvalue weighted by Crippen LogP contribution is 2.27. The molecule has 0 bridgehead atoms. The van der Waals surface area contributed by atoms with Gasteiger partial charge in [-0.2, -0.15) is 0 Å². The zero-order chi connectivity index (χ0) is 19.9. The highest BCUT2D eigenvalue weighted by molar-refractivity contribution is 7.15. The van der Waals surface area contributed by atoms with Crippen LogP contribution in [0, 0.1) is 0 Å². The first kappa shape index (κ1) is 19.9. The molecule has 28 heavy (non-hydrogen) atoms. The number of aromatic nitrogens is 1. The molecule has 0 atom stereocenters. The molecule has 0 aliphatic heterocycles. The molecule has 0 unspecified atom stereocenters. The maximum Gasteiger partial charge on any atom is 0.264 e. The van der Waals surface area contributed by atoms with Gasteiger partial charge in [-0.15, -0.1) is 11.3 Å². The van der Waals surface area contributed by atoms with Gasteiger partial charge in [-0.3, -0.25) is 14.9 Å². The molecule has 0 radical (unpaired) electrons. The molecular formula is C20H17ClN2O4S. The van der Waals surface area contributed by atoms with E-state index in [1.165, 1.54) is 18.4 Å². The summed E-state index contributed by atoms with van der Waals surface area (Å²) >= 11 is 7.29. The summed E-state index contributed by atoms with van der Waals surface area (Å²) in [5, 5.41) is 3.91. The van der Waals surface area contributed by atoms with Crippen LogP contribution in [0.15, 0.2) is 48.7 Å². The summed E-state index contributed by atoms with van der Waals surface area (Å²) in [5.41, 5.74) is 1.57. The lowest BCUT2D eigenvalue weighted by Gasteiger charge is -2.10. The van der Waals surface area contributed by atoms with E-state index in [4.69, 9.17) is 21.1 Å². The first-order valence-corrected chi connectivity index (χ1v) is 9.52. The van der Waals surface area contributed by atoms with Crippen molar-refractivity contribution in [1.82, 2.24) is 4.98 Å². The van der Waals surface area contributed by atoms with Crippen LogP contribution in [0.4, 0.5) is 5.13 Å². The minimum atomic E-state index is -0.339. The number of amides is 1. The minimum Gasteiger partial charge on any atom is -0.493 e. The maximum atomic E-state index is 12.1. The second kappa shape index (κ2) is 9.34. The van der Waals surface area contributed by atoms with Gasteiger partial charge < -0.3 is 9.47 Å². The largest absolute Gasteiger partial charge is 0.493 e. The Morgan fingerprint density at radius 1 is 1.21 bits per heavy atom. The first-order chi connectivity index (χ1) is 13.6. The summed E-state index contributed by atoms with van der Waals surface area (Å²) in [6.45, 7) is -0.205. The summed E-state index contributed by atoms with van der Waals surface area (Å²) in [5.74, 6) is 0.427. The molecule has 0 saturated carbocycles. The van der Waals surface area contributed by atoms with Crippen molar-refractivity contribution in [2.45, 2.75) is 6.42 Å². The highest BCUT2D eigenvalue weighted by Gasteiger charge is 2.11. The number of nitrogens with zero attached hydrogens (tertiary/aromatic N) is 1. The normalized spacial score (nSPS) is 10.4. The predicted octanol–water partition coefficient (Wildman–Crippen LogP) is 4.23. The molecule has 0 aliphatic rings. The predicted molar refractivity (Wildman–Crippen MR) is 109 cm³/mol. The van der Waals surface area contributed by atoms with E-state index in [1.807, 2.05) is 24.3 Å². The van der Waals surface area contributed by atoms with Crippen molar-refractivity contribution < 1.29 is 19.1 Å². The van der Waals surface area contributed by atoms with Crippen LogP contribution in [0.2, 0.25) is 5.02 Å². The van der Waals surface area contributed by atoms with Crippen molar-refractivity contribution in [3.63, 3.8) is 0 Å². The quantitative estimate of drug-likeness (QED) is 0.556. The van der Waals surface area contributed by atoms with Crippen LogP contribution < -0.4 is 14.8 Å². The third kappa shape index (κ3) is 5.31. The second-order valence-electron chi connectivity index (χ2n) is 5.80. The fourth-order valence-electron chi connectivity index (χ4n) is 2.43. The van der Waals surface area contributed by atoms with Crippen molar-refractivity contribution in [3.8, 4) is 11.5 Å². The number of ether oxygens (including phenoxy) is 2. The summed E-state index contributed by atoms with van der Waals surface area (Å²) in [4.78, 5) is 28.2. The fraction of sp³-hybridized carbons (Fsp3) is 0.150. The van der Waals surface area contributed by atoms with Crippen LogP contribution in [-0.2, 0) is 11.2 Å². The Kier molecular flexibility index (Phi) is 6.62. The molecule has 0 aliphatic carbocycles. The molecule has 0 saturated heterocycles. The van der Waals surface area contributed by atoms with Crippen molar-refractivity contribution >= 4 is 40.3 Å². The Morgan fingerprint density at radius 3 is 2.71 bits per heavy atom. The Morgan fingerprint density at radius 2 is 2.00 bits per heavy atom. The standard InChI is InChI=1S/C20H17ClN2O4S/c1-26-18-9-14(11-24)4-7-17(18)27-12-19(25)23-20-22-10-16(28-20)8-13-2-5-15(21)6-3-13/h2-7,9-11H,8,12H2,1H3,(H,22,23,25). The van der Waals surface area contributed by atoms with Crippen LogP contribution in [0.1, 0.15) is 20.8 Å². The third-order valence-corrected chi connectivity index (χ3v) is 4.94. The number of anilines is 1. The van der Waals surface area contributed by atoms with Gasteiger partial charge in [0.1, 0.15) is 6.29 Å². The number of halogens is 1. The second-order valence-corrected chi connectivity index (χ2v) is 7.35. The molecule has 3 aromatic rings. The highest BCUT2D eigenvalue weighted by atomic mass is 35.5. The van der Waals surface area contributed by atoms with Crippen LogP contribution in [0.3, 0.4) is 0 Å². The molecule has 1 N–H and O–H groups in total. The van der Waals surface area contributed by atoms with Gasteiger partial charge in [0.15, 0.2) is 23.2 Å². The fourth-order valence-corrected chi connectivity index (χ4v) is 3.41. The summed E-state index contributed by atoms with van der Waals surface area (Å²) in [6.07, 6.45) is 3.15. The molecule has 0 spiro atoms. The summed E-state index contributed by atoms with van der Waals surface area (Å²) < 4.78 is 10.7. The summed E-state index contributed by atoms with van der Waals surface area (Å²) in [6, 6.07) is 12.3. The Hall–Kier alpha value is -2.90. The molecule has 144 valence electrons. The molecule has 0 fully saturated rings. The number of carbonyl (C=O) groups excluding carboxylic acids is 2. The maximum absolute atomic E-state index is 12.1. The van der Waals surface area contributed by atoms with Crippen LogP contribution >= 0.6 is 22.9 Å². The van der Waals surface area contributed by atoms with Gasteiger partial charge in [0, 0.05) is 28.1 Å². The van der Waals surface area contributed by atoms with E-state index < -0.39 is 0 Å². The van der Waals surface area contributed by atoms with Gasteiger partial charge in [-0.1, -0.05) is 23.7 Å². The van der Waals surface area contributed by atoms with E-state index in [9.17, 15) is 9.59 Å². The third-order valence-electron chi connectivity index (χ3n) is 3.77. The van der Waals surface area contributed by atoms with Crippen molar-refractivity contribution in [1.29, 1.82) is 0 Å². The lowest BCUT2D eigenvalue weighted by Crippen LogP contribution is -2.20. The number of rotatable bonds is 8. The number of hydrogen-bond acceptors (Lipinski definition) is 6. The van der Waals surface area contributed by atoms with E-state index in [0.717, 1.165) is 10.4 Å². The SMILES string of the molecule is COc1cc(C=O)ccc1OCC(=O)Nc1ncc(Cc2ccc(Cl)cc2)s1. The minimum absolute atomic E-state index is 0.205. The number of nitrogens with one attached hydrogen (secondary N) is 1. The molecule has 6 nitrogen and oxygen atoms in total. The van der Waals surface area contributed by atoms with Crippen LogP contribution in [0.5, 0.6) is 11.5 Å². The Bertz CT molecular complexity index is 973.